The Bertz CT molecular complexity index is 720. The third kappa shape index (κ3) is 3.76. The zero-order valence-electron chi connectivity index (χ0n) is 14.6. The van der Waals surface area contributed by atoms with Crippen molar-refractivity contribution < 1.29 is 19.4 Å². The number of hydrogen-bond acceptors (Lipinski definition) is 6. The molecule has 0 unspecified atom stereocenters. The molecule has 1 atom stereocenters. The first-order valence-electron chi connectivity index (χ1n) is 8.24. The first-order chi connectivity index (χ1) is 12.0. The Labute approximate surface area is 151 Å². The topological polar surface area (TPSA) is 71.4 Å². The van der Waals surface area contributed by atoms with Gasteiger partial charge in [-0.2, -0.15) is 4.99 Å². The summed E-state index contributed by atoms with van der Waals surface area (Å²) in [5.41, 5.74) is 0.714. The van der Waals surface area contributed by atoms with E-state index in [9.17, 15) is 9.90 Å². The monoisotopic (exact) mass is 362 g/mol. The minimum absolute atomic E-state index is 0.0585. The zero-order chi connectivity index (χ0) is 18.0. The van der Waals surface area contributed by atoms with E-state index in [1.54, 1.807) is 18.2 Å². The molecule has 0 saturated carbocycles. The van der Waals surface area contributed by atoms with Crippen molar-refractivity contribution in [3.63, 3.8) is 0 Å². The molecule has 7 heteroatoms. The van der Waals surface area contributed by atoms with Gasteiger partial charge in [-0.05, 0) is 54.3 Å². The molecule has 3 rings (SSSR count). The largest absolute Gasteiger partial charge is 0.502 e. The normalized spacial score (nSPS) is 22.3. The summed E-state index contributed by atoms with van der Waals surface area (Å²) >= 11 is 1.40. The quantitative estimate of drug-likeness (QED) is 0.833. The van der Waals surface area contributed by atoms with Gasteiger partial charge in [0.2, 0.25) is 5.75 Å². The Morgan fingerprint density at radius 1 is 1.32 bits per heavy atom. The Morgan fingerprint density at radius 2 is 2.00 bits per heavy atom. The molecule has 2 heterocycles. The summed E-state index contributed by atoms with van der Waals surface area (Å²) in [7, 11) is 2.94. The van der Waals surface area contributed by atoms with Crippen molar-refractivity contribution >= 4 is 28.9 Å². The number of likely N-dealkylation sites (tertiary alicyclic amines) is 1. The fourth-order valence-corrected chi connectivity index (χ4v) is 3.99. The van der Waals surface area contributed by atoms with Crippen LogP contribution in [0.2, 0.25) is 0 Å². The van der Waals surface area contributed by atoms with Crippen LogP contribution in [0.15, 0.2) is 22.0 Å². The van der Waals surface area contributed by atoms with Crippen LogP contribution in [0.4, 0.5) is 0 Å². The van der Waals surface area contributed by atoms with Crippen LogP contribution in [0.5, 0.6) is 17.2 Å². The van der Waals surface area contributed by atoms with Crippen LogP contribution in [0.25, 0.3) is 6.08 Å². The molecule has 2 aliphatic rings. The molecule has 1 aromatic rings. The number of piperidine rings is 1. The van der Waals surface area contributed by atoms with E-state index in [0.717, 1.165) is 24.7 Å². The van der Waals surface area contributed by atoms with Gasteiger partial charge in [-0.15, -0.1) is 0 Å². The van der Waals surface area contributed by atoms with E-state index in [4.69, 9.17) is 9.47 Å². The summed E-state index contributed by atoms with van der Waals surface area (Å²) in [5, 5.41) is 10.8. The Kier molecular flexibility index (Phi) is 5.22. The summed E-state index contributed by atoms with van der Waals surface area (Å²) in [6.45, 7) is 4.10. The molecule has 134 valence electrons. The van der Waals surface area contributed by atoms with Gasteiger partial charge < -0.3 is 19.5 Å². The molecular weight excluding hydrogens is 340 g/mol. The number of nitrogens with zero attached hydrogens (tertiary/aromatic N) is 2. The summed E-state index contributed by atoms with van der Waals surface area (Å²) < 4.78 is 10.3. The van der Waals surface area contributed by atoms with Crippen molar-refractivity contribution in [3.8, 4) is 17.2 Å². The number of phenolic OH excluding ortho intramolecular Hbond substituents is 1. The SMILES string of the molecule is COc1cc(/C=C2\SC(N3CCC[C@H](C)C3)=NC2=O)cc(OC)c1O. The van der Waals surface area contributed by atoms with Crippen LogP contribution in [0.3, 0.4) is 0 Å². The maximum absolute atomic E-state index is 12.3. The number of aromatic hydroxyl groups is 1. The van der Waals surface area contributed by atoms with Crippen LogP contribution in [-0.4, -0.2) is 48.4 Å². The van der Waals surface area contributed by atoms with Gasteiger partial charge in [0.15, 0.2) is 16.7 Å². The van der Waals surface area contributed by atoms with Crippen molar-refractivity contribution in [2.24, 2.45) is 10.9 Å². The highest BCUT2D eigenvalue weighted by molar-refractivity contribution is 8.18. The second-order valence-electron chi connectivity index (χ2n) is 6.28. The maximum atomic E-state index is 12.3. The zero-order valence-corrected chi connectivity index (χ0v) is 15.4. The van der Waals surface area contributed by atoms with E-state index in [0.29, 0.717) is 27.9 Å². The van der Waals surface area contributed by atoms with Crippen LogP contribution in [0, 0.1) is 5.92 Å². The molecule has 1 fully saturated rings. The van der Waals surface area contributed by atoms with Gasteiger partial charge in [0.1, 0.15) is 0 Å². The minimum Gasteiger partial charge on any atom is -0.502 e. The lowest BCUT2D eigenvalue weighted by molar-refractivity contribution is -0.113. The molecule has 0 aromatic heterocycles. The van der Waals surface area contributed by atoms with E-state index in [-0.39, 0.29) is 11.7 Å². The van der Waals surface area contributed by atoms with Crippen molar-refractivity contribution in [1.29, 1.82) is 0 Å². The van der Waals surface area contributed by atoms with Gasteiger partial charge >= 0.3 is 0 Å². The number of rotatable bonds is 3. The van der Waals surface area contributed by atoms with Crippen molar-refractivity contribution in [2.45, 2.75) is 19.8 Å². The molecule has 0 radical (unpaired) electrons. The van der Waals surface area contributed by atoms with Crippen LogP contribution >= 0.6 is 11.8 Å². The lowest BCUT2D eigenvalue weighted by Gasteiger charge is -2.31. The number of aliphatic imine (C=N–C) groups is 1. The predicted molar refractivity (Wildman–Crippen MR) is 99.2 cm³/mol. The van der Waals surface area contributed by atoms with Gasteiger partial charge in [0.25, 0.3) is 5.91 Å². The second-order valence-corrected chi connectivity index (χ2v) is 7.29. The highest BCUT2D eigenvalue weighted by Gasteiger charge is 2.28. The minimum atomic E-state index is -0.232. The summed E-state index contributed by atoms with van der Waals surface area (Å²) in [5.74, 6) is 0.923. The van der Waals surface area contributed by atoms with E-state index >= 15 is 0 Å². The maximum Gasteiger partial charge on any atom is 0.286 e. The molecule has 1 amide bonds. The Morgan fingerprint density at radius 3 is 2.60 bits per heavy atom. The number of benzene rings is 1. The predicted octanol–water partition coefficient (Wildman–Crippen LogP) is 3.11. The van der Waals surface area contributed by atoms with Crippen molar-refractivity contribution in [3.05, 3.63) is 22.6 Å². The lowest BCUT2D eigenvalue weighted by Crippen LogP contribution is -2.37. The lowest BCUT2D eigenvalue weighted by atomic mass is 10.0. The highest BCUT2D eigenvalue weighted by atomic mass is 32.2. The summed E-state index contributed by atoms with van der Waals surface area (Å²) in [4.78, 5) is 19.2. The molecule has 0 spiro atoms. The average Bonchev–Trinajstić information content (AvgIpc) is 2.97. The van der Waals surface area contributed by atoms with E-state index in [1.165, 1.54) is 32.4 Å². The summed E-state index contributed by atoms with van der Waals surface area (Å²) in [6, 6.07) is 3.33. The molecule has 1 saturated heterocycles. The average molecular weight is 362 g/mol. The first-order valence-corrected chi connectivity index (χ1v) is 9.06. The van der Waals surface area contributed by atoms with Gasteiger partial charge in [-0.3, -0.25) is 4.79 Å². The molecule has 0 aliphatic carbocycles. The van der Waals surface area contributed by atoms with Gasteiger partial charge in [0.05, 0.1) is 19.1 Å². The number of phenols is 1. The number of amides is 1. The molecule has 25 heavy (non-hydrogen) atoms. The number of amidine groups is 1. The molecular formula is C18H22N2O4S. The fourth-order valence-electron chi connectivity index (χ4n) is 3.04. The summed E-state index contributed by atoms with van der Waals surface area (Å²) in [6.07, 6.45) is 4.10. The Balaban J connectivity index is 1.82. The van der Waals surface area contributed by atoms with Crippen LogP contribution in [-0.2, 0) is 4.79 Å². The first kappa shape index (κ1) is 17.7. The van der Waals surface area contributed by atoms with Crippen molar-refractivity contribution in [1.82, 2.24) is 4.90 Å². The second kappa shape index (κ2) is 7.39. The number of methoxy groups -OCH3 is 2. The van der Waals surface area contributed by atoms with Gasteiger partial charge in [-0.25, -0.2) is 0 Å². The Hall–Kier alpha value is -2.15. The molecule has 0 bridgehead atoms. The number of hydrogen-bond donors (Lipinski definition) is 1. The van der Waals surface area contributed by atoms with E-state index in [2.05, 4.69) is 16.8 Å². The molecule has 1 N–H and O–H groups in total. The third-order valence-electron chi connectivity index (χ3n) is 4.34. The molecule has 1 aromatic carbocycles. The number of carbonyl (C=O) groups is 1. The smallest absolute Gasteiger partial charge is 0.286 e. The fraction of sp³-hybridized carbons (Fsp3) is 0.444. The highest BCUT2D eigenvalue weighted by Crippen LogP contribution is 2.39. The number of thioether (sulfide) groups is 1. The van der Waals surface area contributed by atoms with Crippen LogP contribution in [0.1, 0.15) is 25.3 Å². The number of ether oxygens (including phenoxy) is 2. The van der Waals surface area contributed by atoms with Crippen molar-refractivity contribution in [2.75, 3.05) is 27.3 Å². The third-order valence-corrected chi connectivity index (χ3v) is 5.38. The van der Waals surface area contributed by atoms with Crippen LogP contribution < -0.4 is 9.47 Å². The van der Waals surface area contributed by atoms with Gasteiger partial charge in [0, 0.05) is 13.1 Å². The molecule has 6 nitrogen and oxygen atoms in total. The standard InChI is InChI=1S/C18H22N2O4S/c1-11-5-4-6-20(10-11)18-19-17(22)15(25-18)9-12-7-13(23-2)16(21)14(8-12)24-3/h7-9,11,21H,4-6,10H2,1-3H3/b15-9-/t11-/m0/s1. The van der Waals surface area contributed by atoms with E-state index in [1.807, 2.05) is 0 Å². The number of carbonyl (C=O) groups excluding carboxylic acids is 1. The van der Waals surface area contributed by atoms with Gasteiger partial charge in [-0.1, -0.05) is 6.92 Å². The molecule has 2 aliphatic heterocycles. The van der Waals surface area contributed by atoms with E-state index < -0.39 is 0 Å².